The predicted molar refractivity (Wildman–Crippen MR) is 60.7 cm³/mol. The molecule has 0 saturated carbocycles. The summed E-state index contributed by atoms with van der Waals surface area (Å²) < 4.78 is 0. The van der Waals surface area contributed by atoms with Crippen LogP contribution in [0.1, 0.15) is 11.1 Å². The van der Waals surface area contributed by atoms with Crippen LogP contribution in [0.25, 0.3) is 0 Å². The van der Waals surface area contributed by atoms with Crippen LogP contribution in [0.4, 0.5) is 0 Å². The third kappa shape index (κ3) is 3.35. The van der Waals surface area contributed by atoms with Gasteiger partial charge in [-0.3, -0.25) is 4.99 Å². The first-order valence-corrected chi connectivity index (χ1v) is 4.67. The van der Waals surface area contributed by atoms with Gasteiger partial charge in [-0.05, 0) is 17.7 Å². The second kappa shape index (κ2) is 5.45. The smallest absolute Gasteiger partial charge is 0.0477 e. The molecular formula is C11H11NS. The van der Waals surface area contributed by atoms with Crippen molar-refractivity contribution in [3.63, 3.8) is 0 Å². The number of hydrogen-bond acceptors (Lipinski definition) is 2. The number of nitrogens with zero attached hydrogens (tertiary/aromatic N) is 1. The Hall–Kier alpha value is -1.20. The molecule has 1 rings (SSSR count). The highest BCUT2D eigenvalue weighted by Gasteiger charge is 1.87. The van der Waals surface area contributed by atoms with Crippen LogP contribution in [0, 0.1) is 12.3 Å². The summed E-state index contributed by atoms with van der Waals surface area (Å²) in [7, 11) is 0. The van der Waals surface area contributed by atoms with E-state index in [2.05, 4.69) is 23.5 Å². The summed E-state index contributed by atoms with van der Waals surface area (Å²) in [5.41, 5.74) is 1.96. The topological polar surface area (TPSA) is 12.4 Å². The van der Waals surface area contributed by atoms with E-state index in [1.807, 2.05) is 30.5 Å². The molecule has 0 saturated heterocycles. The van der Waals surface area contributed by atoms with Crippen molar-refractivity contribution >= 4 is 18.8 Å². The van der Waals surface area contributed by atoms with Crippen molar-refractivity contribution in [3.05, 3.63) is 35.4 Å². The van der Waals surface area contributed by atoms with Crippen LogP contribution in [-0.2, 0) is 0 Å². The average molecular weight is 189 g/mol. The molecule has 66 valence electrons. The zero-order valence-electron chi connectivity index (χ0n) is 7.27. The van der Waals surface area contributed by atoms with Crippen molar-refractivity contribution in [2.75, 3.05) is 12.3 Å². The van der Waals surface area contributed by atoms with Crippen LogP contribution in [0.3, 0.4) is 0 Å². The van der Waals surface area contributed by atoms with E-state index in [9.17, 15) is 0 Å². The number of aliphatic imine (C=N–C) groups is 1. The van der Waals surface area contributed by atoms with Gasteiger partial charge in [0.05, 0.1) is 0 Å². The minimum absolute atomic E-state index is 0.750. The summed E-state index contributed by atoms with van der Waals surface area (Å²) in [6.07, 6.45) is 7.06. The Balaban J connectivity index is 2.65. The van der Waals surface area contributed by atoms with Gasteiger partial charge in [-0.25, -0.2) is 0 Å². The van der Waals surface area contributed by atoms with Crippen LogP contribution in [0.2, 0.25) is 0 Å². The molecule has 0 spiro atoms. The molecule has 0 bridgehead atoms. The Kier molecular flexibility index (Phi) is 4.14. The lowest BCUT2D eigenvalue weighted by Gasteiger charge is -1.93. The Morgan fingerprint density at radius 1 is 1.38 bits per heavy atom. The van der Waals surface area contributed by atoms with E-state index in [0.717, 1.165) is 23.4 Å². The molecule has 13 heavy (non-hydrogen) atoms. The largest absolute Gasteiger partial charge is 0.292 e. The number of thiol groups is 1. The van der Waals surface area contributed by atoms with Gasteiger partial charge >= 0.3 is 0 Å². The zero-order valence-corrected chi connectivity index (χ0v) is 8.17. The number of benzene rings is 1. The second-order valence-electron chi connectivity index (χ2n) is 2.53. The highest BCUT2D eigenvalue weighted by Crippen LogP contribution is 2.00. The van der Waals surface area contributed by atoms with Gasteiger partial charge in [-0.15, -0.1) is 6.42 Å². The maximum Gasteiger partial charge on any atom is 0.0477 e. The van der Waals surface area contributed by atoms with Crippen LogP contribution in [-0.4, -0.2) is 18.5 Å². The molecule has 0 aliphatic heterocycles. The molecule has 1 aromatic carbocycles. The lowest BCUT2D eigenvalue weighted by atomic mass is 10.1. The van der Waals surface area contributed by atoms with Crippen LogP contribution in [0.5, 0.6) is 0 Å². The molecule has 2 heteroatoms. The van der Waals surface area contributed by atoms with E-state index >= 15 is 0 Å². The van der Waals surface area contributed by atoms with Gasteiger partial charge in [0.2, 0.25) is 0 Å². The van der Waals surface area contributed by atoms with Gasteiger partial charge in [0.1, 0.15) is 0 Å². The average Bonchev–Trinajstić information content (AvgIpc) is 2.19. The molecule has 0 aromatic heterocycles. The fourth-order valence-corrected chi connectivity index (χ4v) is 1.01. The lowest BCUT2D eigenvalue weighted by Crippen LogP contribution is -1.85. The molecule has 0 heterocycles. The molecule has 0 aliphatic rings. The Morgan fingerprint density at radius 3 is 2.62 bits per heavy atom. The normalized spacial score (nSPS) is 10.2. The molecule has 0 amide bonds. The van der Waals surface area contributed by atoms with Gasteiger partial charge in [0, 0.05) is 24.1 Å². The Morgan fingerprint density at radius 2 is 2.08 bits per heavy atom. The van der Waals surface area contributed by atoms with Crippen LogP contribution in [0.15, 0.2) is 29.3 Å². The monoisotopic (exact) mass is 189 g/mol. The van der Waals surface area contributed by atoms with E-state index in [0.29, 0.717) is 0 Å². The summed E-state index contributed by atoms with van der Waals surface area (Å²) in [4.78, 5) is 4.16. The molecule has 0 fully saturated rings. The summed E-state index contributed by atoms with van der Waals surface area (Å²) in [5, 5.41) is 0. The summed E-state index contributed by atoms with van der Waals surface area (Å²) in [6, 6.07) is 7.72. The highest BCUT2D eigenvalue weighted by atomic mass is 32.1. The summed E-state index contributed by atoms with van der Waals surface area (Å²) in [6.45, 7) is 0.750. The predicted octanol–water partition coefficient (Wildman–Crippen LogP) is 2.02. The molecular weight excluding hydrogens is 178 g/mol. The van der Waals surface area contributed by atoms with E-state index in [1.54, 1.807) is 0 Å². The standard InChI is InChI=1S/C11H11NS/c1-2-10-3-5-11(6-4-10)9-12-7-8-13/h1,3-6,9,13H,7-8H2. The van der Waals surface area contributed by atoms with Crippen LogP contribution >= 0.6 is 12.6 Å². The van der Waals surface area contributed by atoms with Gasteiger partial charge < -0.3 is 0 Å². The first kappa shape index (κ1) is 9.88. The third-order valence-corrected chi connectivity index (χ3v) is 1.75. The number of rotatable bonds is 3. The highest BCUT2D eigenvalue weighted by molar-refractivity contribution is 7.80. The van der Waals surface area contributed by atoms with Crippen molar-refractivity contribution in [1.29, 1.82) is 0 Å². The fraction of sp³-hybridized carbons (Fsp3) is 0.182. The fourth-order valence-electron chi connectivity index (χ4n) is 0.893. The van der Waals surface area contributed by atoms with E-state index in [-0.39, 0.29) is 0 Å². The van der Waals surface area contributed by atoms with Crippen molar-refractivity contribution < 1.29 is 0 Å². The molecule has 1 aromatic rings. The summed E-state index contributed by atoms with van der Waals surface area (Å²) in [5.74, 6) is 3.34. The Bertz CT molecular complexity index is 319. The minimum Gasteiger partial charge on any atom is -0.292 e. The number of hydrogen-bond donors (Lipinski definition) is 1. The zero-order chi connectivity index (χ0) is 9.52. The van der Waals surface area contributed by atoms with Crippen LogP contribution < -0.4 is 0 Å². The minimum atomic E-state index is 0.750. The van der Waals surface area contributed by atoms with E-state index in [1.165, 1.54) is 0 Å². The third-order valence-electron chi connectivity index (χ3n) is 1.55. The lowest BCUT2D eigenvalue weighted by molar-refractivity contribution is 1.16. The summed E-state index contributed by atoms with van der Waals surface area (Å²) >= 11 is 4.06. The molecule has 0 aliphatic carbocycles. The van der Waals surface area contributed by atoms with Crippen molar-refractivity contribution in [2.24, 2.45) is 4.99 Å². The first-order chi connectivity index (χ1) is 6.36. The van der Waals surface area contributed by atoms with Crippen molar-refractivity contribution in [3.8, 4) is 12.3 Å². The maximum atomic E-state index is 5.23. The van der Waals surface area contributed by atoms with E-state index < -0.39 is 0 Å². The number of terminal acetylenes is 1. The molecule has 1 nitrogen and oxygen atoms in total. The van der Waals surface area contributed by atoms with Gasteiger partial charge in [-0.2, -0.15) is 12.6 Å². The van der Waals surface area contributed by atoms with Crippen molar-refractivity contribution in [1.82, 2.24) is 0 Å². The van der Waals surface area contributed by atoms with E-state index in [4.69, 9.17) is 6.42 Å². The molecule has 0 unspecified atom stereocenters. The molecule has 0 radical (unpaired) electrons. The SMILES string of the molecule is C#Cc1ccc(C=NCCS)cc1. The van der Waals surface area contributed by atoms with Gasteiger partial charge in [0.15, 0.2) is 0 Å². The maximum absolute atomic E-state index is 5.23. The van der Waals surface area contributed by atoms with Gasteiger partial charge in [-0.1, -0.05) is 18.1 Å². The quantitative estimate of drug-likeness (QED) is 0.424. The molecule has 0 atom stereocenters. The van der Waals surface area contributed by atoms with Crippen molar-refractivity contribution in [2.45, 2.75) is 0 Å². The first-order valence-electron chi connectivity index (χ1n) is 4.04. The Labute approximate surface area is 84.3 Å². The molecule has 0 N–H and O–H groups in total. The van der Waals surface area contributed by atoms with Gasteiger partial charge in [0.25, 0.3) is 0 Å². The second-order valence-corrected chi connectivity index (χ2v) is 2.97.